The zero-order chi connectivity index (χ0) is 58.2. The van der Waals surface area contributed by atoms with Gasteiger partial charge in [0, 0.05) is 13.0 Å². The van der Waals surface area contributed by atoms with Crippen molar-refractivity contribution in [2.75, 3.05) is 50.7 Å². The van der Waals surface area contributed by atoms with Crippen LogP contribution in [0.25, 0.3) is 33.5 Å². The molecule has 46 heteroatoms. The van der Waals surface area contributed by atoms with Gasteiger partial charge in [0.15, 0.2) is 41.4 Å². The Morgan fingerprint density at radius 1 is 0.700 bits per heavy atom. The van der Waals surface area contributed by atoms with Crippen molar-refractivity contribution in [2.45, 2.75) is 73.9 Å². The van der Waals surface area contributed by atoms with E-state index in [2.05, 4.69) is 53.2 Å². The van der Waals surface area contributed by atoms with Crippen molar-refractivity contribution in [3.05, 3.63) is 46.0 Å². The Hall–Kier alpha value is -5.36. The summed E-state index contributed by atoms with van der Waals surface area (Å²) in [7, 11) is -21.6. The molecule has 3 aliphatic rings. The zero-order valence-electron chi connectivity index (χ0n) is 40.3. The third-order valence-corrected chi connectivity index (χ3v) is 17.4. The van der Waals surface area contributed by atoms with Crippen molar-refractivity contribution in [1.82, 2.24) is 53.6 Å². The number of imidazole rings is 3. The van der Waals surface area contributed by atoms with Crippen LogP contribution in [0.2, 0.25) is 0 Å². The summed E-state index contributed by atoms with van der Waals surface area (Å²) in [6, 6.07) is 0. The fourth-order valence-electron chi connectivity index (χ4n) is 8.77. The van der Waals surface area contributed by atoms with Gasteiger partial charge in [-0.2, -0.15) is 13.6 Å². The van der Waals surface area contributed by atoms with Crippen LogP contribution in [0.3, 0.4) is 0 Å². The van der Waals surface area contributed by atoms with E-state index < -0.39 is 155 Å². The number of aliphatic hydroxyl groups is 3. The summed E-state index contributed by atoms with van der Waals surface area (Å²) in [6.07, 6.45) is -20.3. The second-order valence-electron chi connectivity index (χ2n) is 17.4. The fourth-order valence-corrected chi connectivity index (χ4v) is 13.3. The van der Waals surface area contributed by atoms with Gasteiger partial charge in [0.05, 0.1) is 52.2 Å². The molecular weight excluding hydrogens is 1180 g/mol. The third-order valence-electron chi connectivity index (χ3n) is 12.2. The number of rotatable bonds is 21. The maximum atomic E-state index is 13.7. The number of fused-ring (bicyclic) bond motifs is 3. The van der Waals surface area contributed by atoms with E-state index in [1.54, 1.807) is 0 Å². The number of hydrogen-bond acceptors (Lipinski definition) is 29. The Labute approximate surface area is 440 Å². The van der Waals surface area contributed by atoms with Crippen LogP contribution in [0.1, 0.15) is 18.7 Å². The summed E-state index contributed by atoms with van der Waals surface area (Å²) in [4.78, 5) is 95.8. The molecule has 3 fully saturated rings. The molecule has 3 saturated heterocycles. The van der Waals surface area contributed by atoms with Crippen LogP contribution in [-0.4, -0.2) is 177 Å². The smallest absolute Gasteiger partial charge is 0.387 e. The van der Waals surface area contributed by atoms with E-state index in [0.29, 0.717) is 0 Å². The number of aromatic nitrogens is 12. The van der Waals surface area contributed by atoms with Gasteiger partial charge in [-0.15, -0.1) is 13.2 Å². The van der Waals surface area contributed by atoms with Crippen LogP contribution in [0.4, 0.5) is 30.9 Å². The van der Waals surface area contributed by atoms with Crippen molar-refractivity contribution >= 4 is 82.5 Å². The molecule has 0 spiro atoms. The highest BCUT2D eigenvalue weighted by Crippen LogP contribution is 2.68. The number of nitrogen functional groups attached to an aromatic ring is 3. The van der Waals surface area contributed by atoms with E-state index in [1.807, 2.05) is 0 Å². The van der Waals surface area contributed by atoms with Gasteiger partial charge in [0.2, 0.25) is 17.7 Å². The standard InChI is InChI=1S/C34H44F3N15O24P4/c1-49-10-52(26-17(49)28(57)48-33(40)46-26)29-18(53)11(3-67-34(35,36)37)12(71-29)4-69-78(60,61)75-80(64,65)76-79(62,63)70-6-14-21(22(66-2)31(73-14)50-8-43-15-23(38)41-7-42-24(15)50)74-77(58,59)68-5-13-19(54)20(55)30(72-13)51-9-44-16-25(51)45-32(39)47-27(16)56/h7-14,18-22,29-31,53-55H,3-6H2,1-2H3,(H11-,38,39,40,41,42,45,46,47,48,56,57,58,59,60,61,62,63,64,65)/p+1/t11-,12-,13-,14-,18-,19-,20-,21-,22-,29-,30-,31-/m1/s1. The number of H-pyrrole nitrogens is 2. The van der Waals surface area contributed by atoms with Crippen molar-refractivity contribution in [2.24, 2.45) is 13.0 Å². The molecule has 0 amide bonds. The Morgan fingerprint density at radius 2 is 1.29 bits per heavy atom. The normalized spacial score (nSPS) is 29.6. The number of aliphatic hydroxyl groups excluding tert-OH is 3. The number of nitrogens with one attached hydrogen (secondary N) is 2. The average molecular weight is 1230 g/mol. The van der Waals surface area contributed by atoms with E-state index in [1.165, 1.54) is 11.6 Å². The molecule has 9 rings (SSSR count). The molecule has 80 heavy (non-hydrogen) atoms. The topological polar surface area (TPSA) is 551 Å². The summed E-state index contributed by atoms with van der Waals surface area (Å²) >= 11 is 0. The molecule has 9 heterocycles. The number of anilines is 3. The van der Waals surface area contributed by atoms with Gasteiger partial charge < -0.3 is 71.0 Å². The Kier molecular flexibility index (Phi) is 16.4. The molecule has 0 saturated carbocycles. The molecule has 3 aliphatic heterocycles. The molecule has 16 atom stereocenters. The number of nitrogens with zero attached hydrogens (tertiary/aromatic N) is 10. The van der Waals surface area contributed by atoms with Gasteiger partial charge in [-0.1, -0.05) is 4.98 Å². The van der Waals surface area contributed by atoms with Crippen molar-refractivity contribution in [3.8, 4) is 0 Å². The monoisotopic (exact) mass is 1230 g/mol. The van der Waals surface area contributed by atoms with Gasteiger partial charge >= 0.3 is 43.3 Å². The van der Waals surface area contributed by atoms with Crippen molar-refractivity contribution in [1.29, 1.82) is 0 Å². The van der Waals surface area contributed by atoms with Crippen LogP contribution in [0, 0.1) is 5.92 Å². The predicted octanol–water partition coefficient (Wildman–Crippen LogP) is -2.92. The van der Waals surface area contributed by atoms with Crippen molar-refractivity contribution in [3.63, 3.8) is 0 Å². The molecule has 39 nitrogen and oxygen atoms in total. The number of methoxy groups -OCH3 is 1. The molecule has 0 radical (unpaired) electrons. The average Bonchev–Trinajstić information content (AvgIpc) is 4.42. The second kappa shape index (κ2) is 22.1. The summed E-state index contributed by atoms with van der Waals surface area (Å²) in [5.41, 5.74) is 14.9. The maximum absolute atomic E-state index is 13.7. The van der Waals surface area contributed by atoms with E-state index in [-0.39, 0.29) is 45.3 Å². The van der Waals surface area contributed by atoms with Gasteiger partial charge in [-0.05, 0) is 0 Å². The lowest BCUT2D eigenvalue weighted by Crippen LogP contribution is -2.46. The minimum atomic E-state index is -6.35. The van der Waals surface area contributed by atoms with E-state index >= 15 is 0 Å². The summed E-state index contributed by atoms with van der Waals surface area (Å²) in [6.45, 7) is -5.08. The van der Waals surface area contributed by atoms with Crippen LogP contribution >= 0.6 is 31.3 Å². The highest BCUT2D eigenvalue weighted by molar-refractivity contribution is 7.66. The first kappa shape index (κ1) is 59.3. The first-order valence-electron chi connectivity index (χ1n) is 22.4. The summed E-state index contributed by atoms with van der Waals surface area (Å²) in [5, 5.41) is 32.9. The summed E-state index contributed by atoms with van der Waals surface area (Å²) < 4.78 is 152. The number of aryl methyl sites for hydroxylation is 1. The molecule has 0 bridgehead atoms. The number of alkyl halides is 3. The lowest BCUT2D eigenvalue weighted by molar-refractivity contribution is -0.745. The fraction of sp³-hybridized carbons (Fsp3) is 0.559. The molecule has 15 N–H and O–H groups in total. The molecular formula is C34H45F3N15O24P4+. The Balaban J connectivity index is 0.877. The number of halogens is 3. The second-order valence-corrected chi connectivity index (χ2v) is 23.4. The minimum absolute atomic E-state index is 0.0110. The molecule has 0 aliphatic carbocycles. The first-order chi connectivity index (χ1) is 37.3. The van der Waals surface area contributed by atoms with Crippen LogP contribution < -0.4 is 32.9 Å². The van der Waals surface area contributed by atoms with Crippen molar-refractivity contribution < 1.29 is 121 Å². The number of phosphoric ester groups is 3. The molecule has 440 valence electrons. The maximum Gasteiger partial charge on any atom is 0.522 e. The molecule has 6 aromatic rings. The quantitative estimate of drug-likeness (QED) is 0.0254. The molecule has 0 aromatic carbocycles. The number of hydrogen-bond donors (Lipinski definition) is 12. The SMILES string of the molecule is CO[C@@H]1[C@H](OP(=O)(O)OC[C@H]2O[C@@H](n3cnc4c(=O)[nH]c(N)nc43)[C@H](O)[C@@H]2O)[C@@H](COP(=O)(O)OP(=O)(O)OP(=O)(O)OC[C@H]2O[C@@H]([n+]3cn(C)c4c(=O)[nH]c(N)nc43)[C@H](O)[C@@H]2COC(F)(F)F)O[C@H]1n1cnc2c(N)ncnc21. The van der Waals surface area contributed by atoms with Gasteiger partial charge in [0.25, 0.3) is 17.1 Å². The summed E-state index contributed by atoms with van der Waals surface area (Å²) in [5.74, 6) is -2.66. The minimum Gasteiger partial charge on any atom is -0.387 e. The zero-order valence-corrected chi connectivity index (χ0v) is 43.8. The third kappa shape index (κ3) is 12.4. The number of nitrogens with two attached hydrogens (primary N) is 3. The Morgan fingerprint density at radius 3 is 1.95 bits per heavy atom. The van der Waals surface area contributed by atoms with E-state index in [0.717, 1.165) is 46.1 Å². The largest absolute Gasteiger partial charge is 0.522 e. The van der Waals surface area contributed by atoms with Gasteiger partial charge in [-0.25, -0.2) is 42.8 Å². The molecule has 4 unspecified atom stereocenters. The van der Waals surface area contributed by atoms with Gasteiger partial charge in [-0.3, -0.25) is 56.1 Å². The highest BCUT2D eigenvalue weighted by atomic mass is 31.3. The number of aromatic amines is 2. The van der Waals surface area contributed by atoms with E-state index in [9.17, 15) is 75.9 Å². The number of ether oxygens (including phenoxy) is 5. The lowest BCUT2D eigenvalue weighted by Gasteiger charge is -2.26. The van der Waals surface area contributed by atoms with E-state index in [4.69, 9.17) is 54.2 Å². The van der Waals surface area contributed by atoms with Crippen LogP contribution in [0.15, 0.2) is 34.9 Å². The van der Waals surface area contributed by atoms with Crippen LogP contribution in [-0.2, 0) is 75.7 Å². The predicted molar refractivity (Wildman–Crippen MR) is 248 cm³/mol. The Bertz CT molecular complexity index is 3630. The van der Waals surface area contributed by atoms with Crippen LogP contribution in [0.5, 0.6) is 0 Å². The number of phosphoric acid groups is 4. The van der Waals surface area contributed by atoms with Gasteiger partial charge in [0.1, 0.15) is 54.6 Å². The highest BCUT2D eigenvalue weighted by Gasteiger charge is 2.54. The first-order valence-corrected chi connectivity index (χ1v) is 28.3. The lowest BCUT2D eigenvalue weighted by atomic mass is 9.99. The molecule has 6 aromatic heterocycles.